The van der Waals surface area contributed by atoms with E-state index in [1.54, 1.807) is 19.1 Å². The van der Waals surface area contributed by atoms with Gasteiger partial charge in [0.15, 0.2) is 5.56 Å². The van der Waals surface area contributed by atoms with E-state index in [0.29, 0.717) is 12.0 Å². The number of aromatic nitrogens is 2. The number of carboxylic acids is 1. The number of methoxy groups -OCH3 is 1. The van der Waals surface area contributed by atoms with Gasteiger partial charge in [0.2, 0.25) is 5.88 Å². The second kappa shape index (κ2) is 9.98. The summed E-state index contributed by atoms with van der Waals surface area (Å²) in [5, 5.41) is 23.0. The van der Waals surface area contributed by atoms with Crippen molar-refractivity contribution >= 4 is 27.5 Å². The van der Waals surface area contributed by atoms with Crippen LogP contribution < -0.4 is 4.74 Å². The highest BCUT2D eigenvalue weighted by Gasteiger charge is 2.41. The smallest absolute Gasteiger partial charge is 0.424 e. The summed E-state index contributed by atoms with van der Waals surface area (Å²) < 4.78 is 51.4. The fourth-order valence-electron chi connectivity index (χ4n) is 2.61. The topological polar surface area (TPSA) is 93.8 Å². The molecule has 0 spiro atoms. The van der Waals surface area contributed by atoms with E-state index in [1.807, 2.05) is 0 Å². The normalized spacial score (nSPS) is 13.2. The van der Waals surface area contributed by atoms with Gasteiger partial charge >= 0.3 is 12.1 Å². The number of aliphatic carboxylic acids is 1. The molecule has 0 saturated heterocycles. The van der Waals surface area contributed by atoms with E-state index < -0.39 is 29.7 Å². The molecule has 0 aliphatic rings. The summed E-state index contributed by atoms with van der Waals surface area (Å²) in [5.74, 6) is -1.94. The Balaban J connectivity index is 2.40. The summed E-state index contributed by atoms with van der Waals surface area (Å²) in [5.41, 5.74) is -0.726. The molecule has 30 heavy (non-hydrogen) atoms. The second-order valence-corrected chi connectivity index (χ2v) is 6.98. The minimum absolute atomic E-state index is 0.153. The average Bonchev–Trinajstić information content (AvgIpc) is 2.99. The molecule has 0 bridgehead atoms. The maximum Gasteiger partial charge on any atom is 0.424 e. The summed E-state index contributed by atoms with van der Waals surface area (Å²) in [6, 6.07) is 6.21. The van der Waals surface area contributed by atoms with Gasteiger partial charge in [-0.3, -0.25) is 4.68 Å². The number of ether oxygens (including phenoxy) is 2. The van der Waals surface area contributed by atoms with E-state index in [2.05, 4.69) is 21.0 Å². The number of benzene rings is 1. The van der Waals surface area contributed by atoms with Gasteiger partial charge in [0.25, 0.3) is 0 Å². The average molecular weight is 493 g/mol. The van der Waals surface area contributed by atoms with E-state index in [9.17, 15) is 28.2 Å². The number of alkyl halides is 3. The SMILES string of the molecule is CCC(O)Cn1nc(OCc2ccccc2/C(=C\OC)C(=O)O)c(C(F)(F)F)c1Br. The first-order chi connectivity index (χ1) is 14.1. The Bertz CT molecular complexity index is 927. The molecule has 1 atom stereocenters. The summed E-state index contributed by atoms with van der Waals surface area (Å²) in [7, 11) is 1.28. The molecule has 7 nitrogen and oxygen atoms in total. The van der Waals surface area contributed by atoms with Crippen molar-refractivity contribution in [3.05, 3.63) is 51.8 Å². The van der Waals surface area contributed by atoms with Crippen LogP contribution in [0.2, 0.25) is 0 Å². The third-order valence-corrected chi connectivity index (χ3v) is 4.94. The molecule has 0 aliphatic heterocycles. The van der Waals surface area contributed by atoms with Crippen LogP contribution in [-0.2, 0) is 28.9 Å². The van der Waals surface area contributed by atoms with E-state index >= 15 is 0 Å². The lowest BCUT2D eigenvalue weighted by atomic mass is 10.0. The molecule has 1 aromatic carbocycles. The number of aliphatic hydroxyl groups is 1. The summed E-state index contributed by atoms with van der Waals surface area (Å²) >= 11 is 2.89. The number of carbonyl (C=O) groups is 1. The molecule has 164 valence electrons. The van der Waals surface area contributed by atoms with Gasteiger partial charge in [0.1, 0.15) is 16.8 Å². The van der Waals surface area contributed by atoms with Gasteiger partial charge in [-0.2, -0.15) is 13.2 Å². The van der Waals surface area contributed by atoms with Crippen LogP contribution in [0.25, 0.3) is 5.57 Å². The highest BCUT2D eigenvalue weighted by atomic mass is 79.9. The van der Waals surface area contributed by atoms with Crippen LogP contribution in [0, 0.1) is 0 Å². The molecule has 0 amide bonds. The molecule has 0 radical (unpaired) electrons. The maximum atomic E-state index is 13.6. The zero-order valence-electron chi connectivity index (χ0n) is 16.1. The third kappa shape index (κ3) is 5.54. The minimum Gasteiger partial charge on any atom is -0.503 e. The first kappa shape index (κ1) is 23.7. The first-order valence-electron chi connectivity index (χ1n) is 8.79. The lowest BCUT2D eigenvalue weighted by Gasteiger charge is -2.12. The van der Waals surface area contributed by atoms with E-state index in [-0.39, 0.29) is 28.9 Å². The van der Waals surface area contributed by atoms with Crippen molar-refractivity contribution < 1.29 is 37.7 Å². The van der Waals surface area contributed by atoms with Gasteiger partial charge in [-0.1, -0.05) is 31.2 Å². The predicted molar refractivity (Wildman–Crippen MR) is 105 cm³/mol. The fraction of sp³-hybridized carbons (Fsp3) is 0.368. The van der Waals surface area contributed by atoms with Gasteiger partial charge < -0.3 is 19.7 Å². The van der Waals surface area contributed by atoms with Crippen molar-refractivity contribution in [1.29, 1.82) is 0 Å². The molecule has 2 rings (SSSR count). The van der Waals surface area contributed by atoms with Crippen LogP contribution in [0.1, 0.15) is 30.0 Å². The van der Waals surface area contributed by atoms with Crippen LogP contribution >= 0.6 is 15.9 Å². The monoisotopic (exact) mass is 492 g/mol. The van der Waals surface area contributed by atoms with Crippen LogP contribution in [0.3, 0.4) is 0 Å². The van der Waals surface area contributed by atoms with Crippen LogP contribution in [0.15, 0.2) is 35.1 Å². The molecule has 2 N–H and O–H groups in total. The van der Waals surface area contributed by atoms with Crippen molar-refractivity contribution in [2.75, 3.05) is 7.11 Å². The van der Waals surface area contributed by atoms with Gasteiger partial charge in [0.05, 0.1) is 26.0 Å². The number of halogens is 4. The molecule has 11 heteroatoms. The van der Waals surface area contributed by atoms with Crippen molar-refractivity contribution in [2.24, 2.45) is 0 Å². The number of rotatable bonds is 9. The van der Waals surface area contributed by atoms with Crippen molar-refractivity contribution in [2.45, 2.75) is 38.8 Å². The number of aliphatic hydroxyl groups excluding tert-OH is 1. The first-order valence-corrected chi connectivity index (χ1v) is 9.58. The molecule has 0 aliphatic carbocycles. The van der Waals surface area contributed by atoms with Crippen LogP contribution in [0.5, 0.6) is 5.88 Å². The van der Waals surface area contributed by atoms with Crippen LogP contribution in [-0.4, -0.2) is 39.2 Å². The zero-order valence-corrected chi connectivity index (χ0v) is 17.7. The number of nitrogens with zero attached hydrogens (tertiary/aromatic N) is 2. The molecule has 0 fully saturated rings. The quantitative estimate of drug-likeness (QED) is 0.404. The van der Waals surface area contributed by atoms with Gasteiger partial charge in [-0.05, 0) is 33.5 Å². The van der Waals surface area contributed by atoms with Gasteiger partial charge in [-0.15, -0.1) is 5.10 Å². The molecule has 1 aromatic heterocycles. The lowest BCUT2D eigenvalue weighted by molar-refractivity contribution is -0.139. The second-order valence-electron chi connectivity index (χ2n) is 6.23. The summed E-state index contributed by atoms with van der Waals surface area (Å²) in [4.78, 5) is 11.5. The predicted octanol–water partition coefficient (Wildman–Crippen LogP) is 4.09. The molecule has 1 unspecified atom stereocenters. The van der Waals surface area contributed by atoms with Crippen molar-refractivity contribution in [1.82, 2.24) is 9.78 Å². The number of carboxylic acid groups (broad SMARTS) is 1. The minimum atomic E-state index is -4.76. The Morgan fingerprint density at radius 3 is 2.60 bits per heavy atom. The molecule has 0 saturated carbocycles. The maximum absolute atomic E-state index is 13.6. The van der Waals surface area contributed by atoms with Crippen molar-refractivity contribution in [3.8, 4) is 5.88 Å². The Morgan fingerprint density at radius 2 is 2.03 bits per heavy atom. The molecule has 1 heterocycles. The zero-order chi connectivity index (χ0) is 22.5. The fourth-order valence-corrected chi connectivity index (χ4v) is 3.23. The Labute approximate surface area is 178 Å². The molecular weight excluding hydrogens is 473 g/mol. The third-order valence-electron chi connectivity index (χ3n) is 4.13. The van der Waals surface area contributed by atoms with E-state index in [0.717, 1.165) is 10.9 Å². The molecular formula is C19H20BrF3N2O5. The number of hydrogen-bond donors (Lipinski definition) is 2. The van der Waals surface area contributed by atoms with Crippen LogP contribution in [0.4, 0.5) is 13.2 Å². The highest BCUT2D eigenvalue weighted by Crippen LogP contribution is 2.41. The largest absolute Gasteiger partial charge is 0.503 e. The standard InChI is InChI=1S/C19H20BrF3N2O5/c1-3-12(26)8-25-16(20)15(19(21,22)23)17(24-25)30-9-11-6-4-5-7-13(11)14(10-29-2)18(27)28/h4-7,10,12,26H,3,8-9H2,1-2H3,(H,27,28)/b14-10+. The Kier molecular flexibility index (Phi) is 7.90. The van der Waals surface area contributed by atoms with E-state index in [4.69, 9.17) is 9.47 Å². The van der Waals surface area contributed by atoms with Gasteiger partial charge in [-0.25, -0.2) is 4.79 Å². The lowest BCUT2D eigenvalue weighted by Crippen LogP contribution is -2.16. The van der Waals surface area contributed by atoms with Gasteiger partial charge in [0, 0.05) is 0 Å². The number of hydrogen-bond acceptors (Lipinski definition) is 5. The summed E-state index contributed by atoms with van der Waals surface area (Å²) in [6.45, 7) is 1.17. The highest BCUT2D eigenvalue weighted by molar-refractivity contribution is 9.10. The Morgan fingerprint density at radius 1 is 1.37 bits per heavy atom. The molecule has 2 aromatic rings. The van der Waals surface area contributed by atoms with Crippen molar-refractivity contribution in [3.63, 3.8) is 0 Å². The summed E-state index contributed by atoms with van der Waals surface area (Å²) in [6.07, 6.45) is -4.28. The Hall–Kier alpha value is -2.53. The van der Waals surface area contributed by atoms with E-state index in [1.165, 1.54) is 19.2 Å².